The van der Waals surface area contributed by atoms with Gasteiger partial charge in [-0.25, -0.2) is 4.79 Å². The van der Waals surface area contributed by atoms with Gasteiger partial charge in [0.25, 0.3) is 11.8 Å². The zero-order valence-corrected chi connectivity index (χ0v) is 18.3. The molecule has 0 aromatic heterocycles. The minimum atomic E-state index is -0.984. The summed E-state index contributed by atoms with van der Waals surface area (Å²) in [6.07, 6.45) is 2.02. The highest BCUT2D eigenvalue weighted by atomic mass is 16.5. The fraction of sp³-hybridized carbons (Fsp3) is 0.545. The Labute approximate surface area is 181 Å². The van der Waals surface area contributed by atoms with Crippen LogP contribution >= 0.6 is 0 Å². The van der Waals surface area contributed by atoms with Crippen LogP contribution in [0, 0.1) is 11.3 Å². The van der Waals surface area contributed by atoms with Crippen LogP contribution in [0.4, 0.5) is 10.5 Å². The number of hydrogen-bond acceptors (Lipinski definition) is 6. The van der Waals surface area contributed by atoms with Crippen LogP contribution < -0.4 is 15.4 Å². The Morgan fingerprint density at radius 2 is 2.00 bits per heavy atom. The number of rotatable bonds is 6. The van der Waals surface area contributed by atoms with E-state index in [4.69, 9.17) is 9.47 Å². The molecule has 1 saturated carbocycles. The molecule has 1 aliphatic carbocycles. The molecule has 4 amide bonds. The number of ether oxygens (including phenoxy) is 2. The molecule has 9 nitrogen and oxygen atoms in total. The summed E-state index contributed by atoms with van der Waals surface area (Å²) >= 11 is 0. The van der Waals surface area contributed by atoms with Crippen LogP contribution in [0.3, 0.4) is 0 Å². The van der Waals surface area contributed by atoms with Crippen molar-refractivity contribution in [1.82, 2.24) is 10.2 Å². The third-order valence-electron chi connectivity index (χ3n) is 5.63. The first kappa shape index (κ1) is 22.6. The monoisotopic (exact) mass is 431 g/mol. The minimum Gasteiger partial charge on any atom is -0.497 e. The molecule has 2 N–H and O–H groups in total. The van der Waals surface area contributed by atoms with Gasteiger partial charge in [-0.15, -0.1) is 0 Å². The standard InChI is InChI=1S/C22H29N3O6/c1-14-9-21(2,3)13-22(10-14)19(28)25(20(29)24-22)11-18(27)31-12-17(26)23-15-6-5-7-16(8-15)30-4/h5-8,14H,9-13H2,1-4H3,(H,23,26)(H,24,29)/t14-,22+/m1/s1. The Morgan fingerprint density at radius 3 is 2.68 bits per heavy atom. The lowest BCUT2D eigenvalue weighted by Crippen LogP contribution is -2.54. The van der Waals surface area contributed by atoms with E-state index in [2.05, 4.69) is 31.4 Å². The van der Waals surface area contributed by atoms with Crippen LogP contribution in [-0.2, 0) is 19.1 Å². The highest BCUT2D eigenvalue weighted by Gasteiger charge is 2.56. The van der Waals surface area contributed by atoms with Crippen LogP contribution in [0.5, 0.6) is 5.75 Å². The summed E-state index contributed by atoms with van der Waals surface area (Å²) in [7, 11) is 1.51. The number of esters is 1. The van der Waals surface area contributed by atoms with E-state index in [0.29, 0.717) is 24.3 Å². The second-order valence-corrected chi connectivity index (χ2v) is 9.20. The molecule has 2 atom stereocenters. The molecule has 0 unspecified atom stereocenters. The highest BCUT2D eigenvalue weighted by Crippen LogP contribution is 2.46. The summed E-state index contributed by atoms with van der Waals surface area (Å²) < 4.78 is 10.1. The summed E-state index contributed by atoms with van der Waals surface area (Å²) in [5.41, 5.74) is -0.595. The molecule has 1 heterocycles. The van der Waals surface area contributed by atoms with E-state index in [1.54, 1.807) is 24.3 Å². The molecule has 1 saturated heterocycles. The SMILES string of the molecule is COc1cccc(NC(=O)COC(=O)CN2C(=O)N[C@]3(C[C@H](C)CC(C)(C)C3)C2=O)c1. The van der Waals surface area contributed by atoms with Gasteiger partial charge in [0.15, 0.2) is 6.61 Å². The van der Waals surface area contributed by atoms with E-state index in [9.17, 15) is 19.2 Å². The van der Waals surface area contributed by atoms with Crippen molar-refractivity contribution >= 4 is 29.5 Å². The smallest absolute Gasteiger partial charge is 0.326 e. The summed E-state index contributed by atoms with van der Waals surface area (Å²) in [6, 6.07) is 6.13. The molecule has 1 aliphatic heterocycles. The first-order chi connectivity index (χ1) is 14.5. The second kappa shape index (κ2) is 8.56. The quantitative estimate of drug-likeness (QED) is 0.528. The molecule has 9 heteroatoms. The lowest BCUT2D eigenvalue weighted by atomic mass is 9.64. The molecule has 1 aromatic carbocycles. The second-order valence-electron chi connectivity index (χ2n) is 9.20. The van der Waals surface area contributed by atoms with Gasteiger partial charge in [-0.05, 0) is 42.7 Å². The van der Waals surface area contributed by atoms with Gasteiger partial charge in [-0.1, -0.05) is 26.8 Å². The van der Waals surface area contributed by atoms with Crippen molar-refractivity contribution in [3.63, 3.8) is 0 Å². The van der Waals surface area contributed by atoms with Crippen molar-refractivity contribution in [3.8, 4) is 5.75 Å². The van der Waals surface area contributed by atoms with Crippen molar-refractivity contribution in [2.75, 3.05) is 25.6 Å². The third kappa shape index (κ3) is 5.15. The van der Waals surface area contributed by atoms with E-state index in [0.717, 1.165) is 11.3 Å². The number of nitrogens with one attached hydrogen (secondary N) is 2. The predicted molar refractivity (Wildman–Crippen MR) is 112 cm³/mol. The normalized spacial score (nSPS) is 24.6. The van der Waals surface area contributed by atoms with Gasteiger partial charge in [0, 0.05) is 11.8 Å². The van der Waals surface area contributed by atoms with Crippen molar-refractivity contribution in [2.45, 2.75) is 45.6 Å². The average molecular weight is 431 g/mol. The van der Waals surface area contributed by atoms with E-state index in [1.807, 2.05) is 0 Å². The van der Waals surface area contributed by atoms with E-state index in [-0.39, 0.29) is 11.3 Å². The Hall–Kier alpha value is -3.10. The number of nitrogens with zero attached hydrogens (tertiary/aromatic N) is 1. The van der Waals surface area contributed by atoms with E-state index in [1.165, 1.54) is 7.11 Å². The van der Waals surface area contributed by atoms with E-state index < -0.39 is 42.5 Å². The fourth-order valence-electron chi connectivity index (χ4n) is 4.87. The highest BCUT2D eigenvalue weighted by molar-refractivity contribution is 6.09. The van der Waals surface area contributed by atoms with E-state index >= 15 is 0 Å². The molecule has 2 aliphatic rings. The number of carbonyl (C=O) groups is 4. The summed E-state index contributed by atoms with van der Waals surface area (Å²) in [5.74, 6) is -0.944. The van der Waals surface area contributed by atoms with Crippen LogP contribution in [0.2, 0.25) is 0 Å². The van der Waals surface area contributed by atoms with Crippen molar-refractivity contribution in [2.24, 2.45) is 11.3 Å². The number of methoxy groups -OCH3 is 1. The Morgan fingerprint density at radius 1 is 1.26 bits per heavy atom. The Balaban J connectivity index is 1.55. The molecule has 0 bridgehead atoms. The first-order valence-electron chi connectivity index (χ1n) is 10.3. The van der Waals surface area contributed by atoms with Gasteiger partial charge in [0.2, 0.25) is 0 Å². The van der Waals surface area contributed by atoms with Crippen LogP contribution in [-0.4, -0.2) is 54.5 Å². The Bertz CT molecular complexity index is 899. The number of carbonyl (C=O) groups excluding carboxylic acids is 4. The summed E-state index contributed by atoms with van der Waals surface area (Å²) in [5, 5.41) is 5.39. The van der Waals surface area contributed by atoms with Gasteiger partial charge >= 0.3 is 12.0 Å². The third-order valence-corrected chi connectivity index (χ3v) is 5.63. The summed E-state index contributed by atoms with van der Waals surface area (Å²) in [4.78, 5) is 50.6. The number of urea groups is 1. The number of imide groups is 1. The van der Waals surface area contributed by atoms with Gasteiger partial charge in [0.05, 0.1) is 7.11 Å². The summed E-state index contributed by atoms with van der Waals surface area (Å²) in [6.45, 7) is 5.13. The zero-order chi connectivity index (χ0) is 22.8. The lowest BCUT2D eigenvalue weighted by Gasteiger charge is -2.43. The average Bonchev–Trinajstić information content (AvgIpc) is 2.88. The maximum Gasteiger partial charge on any atom is 0.326 e. The number of amides is 4. The molecule has 2 fully saturated rings. The molecule has 0 radical (unpaired) electrons. The molecule has 168 valence electrons. The van der Waals surface area contributed by atoms with Crippen LogP contribution in [0.25, 0.3) is 0 Å². The van der Waals surface area contributed by atoms with Crippen molar-refractivity contribution in [1.29, 1.82) is 0 Å². The number of hydrogen-bond donors (Lipinski definition) is 2. The Kier molecular flexibility index (Phi) is 6.24. The maximum absolute atomic E-state index is 13.0. The number of benzene rings is 1. The van der Waals surface area contributed by atoms with Crippen LogP contribution in [0.15, 0.2) is 24.3 Å². The molecular formula is C22H29N3O6. The number of anilines is 1. The molecule has 1 aromatic rings. The maximum atomic E-state index is 13.0. The zero-order valence-electron chi connectivity index (χ0n) is 18.3. The fourth-order valence-corrected chi connectivity index (χ4v) is 4.87. The first-order valence-corrected chi connectivity index (χ1v) is 10.3. The molecule has 1 spiro atoms. The molecular weight excluding hydrogens is 402 g/mol. The largest absolute Gasteiger partial charge is 0.497 e. The predicted octanol–water partition coefficient (Wildman–Crippen LogP) is 2.31. The van der Waals surface area contributed by atoms with Gasteiger partial charge in [0.1, 0.15) is 17.8 Å². The van der Waals surface area contributed by atoms with Crippen molar-refractivity contribution in [3.05, 3.63) is 24.3 Å². The van der Waals surface area contributed by atoms with Crippen LogP contribution in [0.1, 0.15) is 40.0 Å². The lowest BCUT2D eigenvalue weighted by molar-refractivity contribution is -0.150. The van der Waals surface area contributed by atoms with Crippen molar-refractivity contribution < 1.29 is 28.7 Å². The van der Waals surface area contributed by atoms with Gasteiger partial charge in [-0.3, -0.25) is 19.3 Å². The molecule has 31 heavy (non-hydrogen) atoms. The van der Waals surface area contributed by atoms with Gasteiger partial charge < -0.3 is 20.1 Å². The molecule has 3 rings (SSSR count). The van der Waals surface area contributed by atoms with Gasteiger partial charge in [-0.2, -0.15) is 0 Å². The topological polar surface area (TPSA) is 114 Å². The minimum absolute atomic E-state index is 0.102.